The van der Waals surface area contributed by atoms with E-state index < -0.39 is 31.8 Å². The number of aromatic nitrogens is 2. The van der Waals surface area contributed by atoms with Gasteiger partial charge in [0.1, 0.15) is 0 Å². The molecule has 0 radical (unpaired) electrons. The number of pyridine rings is 2. The minimum Gasteiger partial charge on any atom is -0.317 e. The number of hydrogen-bond donors (Lipinski definition) is 3. The van der Waals surface area contributed by atoms with E-state index in [9.17, 15) is 26.8 Å². The van der Waals surface area contributed by atoms with Crippen LogP contribution in [0.15, 0.2) is 73.1 Å². The topological polar surface area (TPSA) is 167 Å². The maximum absolute atomic E-state index is 12.5. The van der Waals surface area contributed by atoms with E-state index >= 15 is 0 Å². The highest BCUT2D eigenvalue weighted by atomic mass is 32.2. The fourth-order valence-corrected chi connectivity index (χ4v) is 8.49. The van der Waals surface area contributed by atoms with Gasteiger partial charge in [-0.25, -0.2) is 27.4 Å². The summed E-state index contributed by atoms with van der Waals surface area (Å²) in [7, 11) is -6.83. The van der Waals surface area contributed by atoms with Crippen LogP contribution < -0.4 is 5.48 Å². The molecule has 13 heteroatoms. The number of hydroxylamine groups is 3. The molecule has 0 saturated heterocycles. The van der Waals surface area contributed by atoms with Gasteiger partial charge in [-0.05, 0) is 60.1 Å². The number of para-hydroxylation sites is 2. The maximum atomic E-state index is 12.5. The van der Waals surface area contributed by atoms with Crippen molar-refractivity contribution in [1.29, 1.82) is 0 Å². The van der Waals surface area contributed by atoms with Gasteiger partial charge in [0.15, 0.2) is 19.7 Å². The predicted octanol–water partition coefficient (Wildman–Crippen LogP) is 4.96. The number of amides is 1. The summed E-state index contributed by atoms with van der Waals surface area (Å²) in [6.07, 6.45) is 4.41. The Morgan fingerprint density at radius 1 is 0.761 bits per heavy atom. The van der Waals surface area contributed by atoms with Gasteiger partial charge in [0.2, 0.25) is 6.41 Å². The molecule has 4 rings (SSSR count). The van der Waals surface area contributed by atoms with Crippen LogP contribution in [0, 0.1) is 11.8 Å². The molecule has 0 unspecified atom stereocenters. The third-order valence-electron chi connectivity index (χ3n) is 7.13. The zero-order chi connectivity index (χ0) is 33.9. The molecular weight excluding hydrogens is 629 g/mol. The average Bonchev–Trinajstić information content (AvgIpc) is 2.99. The van der Waals surface area contributed by atoms with E-state index in [2.05, 4.69) is 15.4 Å². The molecule has 0 aliphatic heterocycles. The van der Waals surface area contributed by atoms with Crippen molar-refractivity contribution in [3.63, 3.8) is 0 Å². The van der Waals surface area contributed by atoms with E-state index in [1.54, 1.807) is 18.5 Å². The molecule has 0 aliphatic rings. The number of nitrogens with one attached hydrogen (secondary N) is 1. The number of carbonyl (C=O) groups excluding carboxylic acids is 1. The van der Waals surface area contributed by atoms with Crippen molar-refractivity contribution in [2.75, 3.05) is 11.5 Å². The van der Waals surface area contributed by atoms with Crippen molar-refractivity contribution in [3.05, 3.63) is 84.2 Å². The van der Waals surface area contributed by atoms with Gasteiger partial charge in [0.05, 0.1) is 40.1 Å². The third kappa shape index (κ3) is 12.0. The molecule has 0 aliphatic carbocycles. The normalized spacial score (nSPS) is 13.4. The van der Waals surface area contributed by atoms with Crippen molar-refractivity contribution in [2.24, 2.45) is 11.8 Å². The molecule has 0 saturated carbocycles. The largest absolute Gasteiger partial charge is 0.317 e. The van der Waals surface area contributed by atoms with Gasteiger partial charge in [-0.15, -0.1) is 0 Å². The van der Waals surface area contributed by atoms with Gasteiger partial charge >= 0.3 is 0 Å². The summed E-state index contributed by atoms with van der Waals surface area (Å²) in [5.41, 5.74) is 5.02. The molecule has 0 bridgehead atoms. The Balaban J connectivity index is 0.000000251. The van der Waals surface area contributed by atoms with E-state index in [0.29, 0.717) is 34.9 Å². The minimum absolute atomic E-state index is 0.0683. The zero-order valence-electron chi connectivity index (χ0n) is 26.7. The first-order valence-corrected chi connectivity index (χ1v) is 18.7. The van der Waals surface area contributed by atoms with Gasteiger partial charge in [0.25, 0.3) is 0 Å². The first-order chi connectivity index (χ1) is 21.7. The lowest BCUT2D eigenvalue weighted by atomic mass is 10.1. The molecule has 46 heavy (non-hydrogen) atoms. The van der Waals surface area contributed by atoms with E-state index in [1.165, 1.54) is 0 Å². The van der Waals surface area contributed by atoms with Gasteiger partial charge in [0, 0.05) is 29.2 Å². The highest BCUT2D eigenvalue weighted by Crippen LogP contribution is 2.19. The molecule has 2 aromatic carbocycles. The van der Waals surface area contributed by atoms with Crippen LogP contribution in [0.4, 0.5) is 0 Å². The van der Waals surface area contributed by atoms with Crippen LogP contribution in [0.1, 0.15) is 51.7 Å². The third-order valence-corrected chi connectivity index (χ3v) is 10.5. The number of fused-ring (bicyclic) bond motifs is 2. The van der Waals surface area contributed by atoms with Gasteiger partial charge < -0.3 is 5.21 Å². The number of sulfone groups is 2. The van der Waals surface area contributed by atoms with E-state index in [4.69, 9.17) is 5.21 Å². The summed E-state index contributed by atoms with van der Waals surface area (Å²) in [5, 5.41) is 21.0. The summed E-state index contributed by atoms with van der Waals surface area (Å²) in [6.45, 7) is 7.80. The lowest BCUT2D eigenvalue weighted by molar-refractivity contribution is -0.159. The predicted molar refractivity (Wildman–Crippen MR) is 180 cm³/mol. The van der Waals surface area contributed by atoms with Crippen LogP contribution in [0.2, 0.25) is 0 Å². The summed E-state index contributed by atoms with van der Waals surface area (Å²) < 4.78 is 49.5. The quantitative estimate of drug-likeness (QED) is 0.0893. The van der Waals surface area contributed by atoms with Crippen LogP contribution in [0.25, 0.3) is 21.8 Å². The summed E-state index contributed by atoms with van der Waals surface area (Å²) >= 11 is 0. The van der Waals surface area contributed by atoms with Crippen LogP contribution >= 0.6 is 0 Å². The second-order valence-electron chi connectivity index (χ2n) is 12.4. The number of nitrogens with zero attached hydrogens (tertiary/aromatic N) is 3. The molecule has 2 atom stereocenters. The molecule has 4 aromatic rings. The van der Waals surface area contributed by atoms with Gasteiger partial charge in [-0.2, -0.15) is 0 Å². The summed E-state index contributed by atoms with van der Waals surface area (Å²) in [4.78, 5) is 19.3. The highest BCUT2D eigenvalue weighted by Gasteiger charge is 2.25. The van der Waals surface area contributed by atoms with E-state index in [0.717, 1.165) is 21.8 Å². The molecule has 0 spiro atoms. The maximum Gasteiger partial charge on any atom is 0.233 e. The van der Waals surface area contributed by atoms with Crippen LogP contribution in [0.3, 0.4) is 0 Å². The van der Waals surface area contributed by atoms with Crippen LogP contribution in [-0.4, -0.2) is 72.3 Å². The standard InChI is InChI=1S/C17H22N2O4S.C16H22N2O3S/c1-13(2)7-16(19(21)12-20)11-24(22,23)10-14-8-15-5-3-4-6-17(15)18-9-14;1-12(2)7-15(18-19)11-22(20,21)10-13-8-14-5-3-4-6-16(14)17-9-13/h3-6,8-9,12-13,16,21H,7,10-11H2,1-2H3;3-6,8-9,12,15,18-19H,7,10-11H2,1-2H3/t16-;15-/m00/s1. The number of rotatable bonds is 15. The Bertz CT molecular complexity index is 1800. The van der Waals surface area contributed by atoms with Crippen molar-refractivity contribution < 1.29 is 32.0 Å². The monoisotopic (exact) mass is 672 g/mol. The van der Waals surface area contributed by atoms with Crippen molar-refractivity contribution in [1.82, 2.24) is 20.5 Å². The Kier molecular flexibility index (Phi) is 13.6. The molecule has 250 valence electrons. The molecule has 11 nitrogen and oxygen atoms in total. The molecule has 3 N–H and O–H groups in total. The van der Waals surface area contributed by atoms with Gasteiger partial charge in [-0.3, -0.25) is 20.0 Å². The molecule has 2 heterocycles. The number of benzene rings is 2. The van der Waals surface area contributed by atoms with Crippen LogP contribution in [0.5, 0.6) is 0 Å². The summed E-state index contributed by atoms with van der Waals surface area (Å²) in [6, 6.07) is 17.5. The average molecular weight is 673 g/mol. The number of carbonyl (C=O) groups is 1. The molecule has 1 amide bonds. The van der Waals surface area contributed by atoms with Crippen molar-refractivity contribution in [2.45, 2.75) is 64.1 Å². The zero-order valence-corrected chi connectivity index (χ0v) is 28.3. The van der Waals surface area contributed by atoms with Crippen molar-refractivity contribution >= 4 is 47.9 Å². The lowest BCUT2D eigenvalue weighted by Gasteiger charge is -2.24. The van der Waals surface area contributed by atoms with Crippen LogP contribution in [-0.2, 0) is 36.0 Å². The Hall–Kier alpha value is -3.49. The minimum atomic E-state index is -3.50. The SMILES string of the molecule is CC(C)C[C@@H](CS(=O)(=O)Cc1cnc2ccccc2c1)N(O)C=O.CC(C)C[C@@H](CS(=O)(=O)Cc1cnc2ccccc2c1)NO. The van der Waals surface area contributed by atoms with E-state index in [1.807, 2.05) is 82.3 Å². The smallest absolute Gasteiger partial charge is 0.233 e. The van der Waals surface area contributed by atoms with Gasteiger partial charge in [-0.1, -0.05) is 64.1 Å². The molecule has 2 aromatic heterocycles. The Morgan fingerprint density at radius 2 is 1.22 bits per heavy atom. The Labute approximate surface area is 271 Å². The fourth-order valence-electron chi connectivity index (χ4n) is 5.23. The number of hydrogen-bond acceptors (Lipinski definition) is 10. The first kappa shape index (κ1) is 37.0. The molecule has 0 fully saturated rings. The lowest BCUT2D eigenvalue weighted by Crippen LogP contribution is -2.38. The molecular formula is C33H44N4O7S2. The summed E-state index contributed by atoms with van der Waals surface area (Å²) in [5.74, 6) is -0.154. The highest BCUT2D eigenvalue weighted by molar-refractivity contribution is 7.90. The van der Waals surface area contributed by atoms with E-state index in [-0.39, 0.29) is 35.3 Å². The second-order valence-corrected chi connectivity index (χ2v) is 16.6. The first-order valence-electron chi connectivity index (χ1n) is 15.1. The second kappa shape index (κ2) is 16.9. The fraction of sp³-hybridized carbons (Fsp3) is 0.424. The Morgan fingerprint density at radius 3 is 1.65 bits per heavy atom. The van der Waals surface area contributed by atoms with Crippen molar-refractivity contribution in [3.8, 4) is 0 Å².